The molecule has 0 aromatic heterocycles. The zero-order valence-corrected chi connectivity index (χ0v) is 18.8. The molecule has 0 unspecified atom stereocenters. The minimum atomic E-state index is -1.73. The highest BCUT2D eigenvalue weighted by molar-refractivity contribution is 7.85. The predicted molar refractivity (Wildman–Crippen MR) is 104 cm³/mol. The van der Waals surface area contributed by atoms with Crippen LogP contribution in [-0.4, -0.2) is 36.0 Å². The molecule has 0 aromatic rings. The lowest BCUT2D eigenvalue weighted by molar-refractivity contribution is 0.190. The van der Waals surface area contributed by atoms with Crippen LogP contribution >= 0.6 is 12.6 Å². The Labute approximate surface area is 142 Å². The molecule has 0 fully saturated rings. The van der Waals surface area contributed by atoms with Crippen molar-refractivity contribution in [3.05, 3.63) is 0 Å². The van der Waals surface area contributed by atoms with Gasteiger partial charge >= 0.3 is 9.28 Å². The normalized spacial score (nSPS) is 16.3. The van der Waals surface area contributed by atoms with E-state index in [1.54, 1.807) is 0 Å². The molecule has 0 heterocycles. The van der Waals surface area contributed by atoms with Crippen molar-refractivity contribution in [2.45, 2.75) is 83.2 Å². The van der Waals surface area contributed by atoms with Crippen LogP contribution in [0.1, 0.15) is 74.1 Å². The van der Waals surface area contributed by atoms with Crippen LogP contribution < -0.4 is 0 Å². The molecule has 0 aliphatic rings. The number of thiol groups is 1. The first-order chi connectivity index (χ1) is 9.73. The molecule has 0 saturated heterocycles. The quantitative estimate of drug-likeness (QED) is 0.423. The maximum atomic E-state index is 6.21. The zero-order chi connectivity index (χ0) is 16.5. The summed E-state index contributed by atoms with van der Waals surface area (Å²) in [6, 6.07) is 0. The van der Waals surface area contributed by atoms with Crippen molar-refractivity contribution in [2.75, 3.05) is 13.2 Å². The van der Waals surface area contributed by atoms with E-state index in [0.717, 1.165) is 32.5 Å². The van der Waals surface area contributed by atoms with Gasteiger partial charge in [0, 0.05) is 26.7 Å². The van der Waals surface area contributed by atoms with Crippen molar-refractivity contribution >= 4 is 31.4 Å². The highest BCUT2D eigenvalue weighted by Gasteiger charge is 2.44. The molecule has 0 rings (SSSR count). The topological polar surface area (TPSA) is 18.5 Å². The fourth-order valence-corrected chi connectivity index (χ4v) is 12.0. The summed E-state index contributed by atoms with van der Waals surface area (Å²) in [7, 11) is -2.16. The van der Waals surface area contributed by atoms with Crippen LogP contribution in [0.5, 0.6) is 0 Å². The van der Waals surface area contributed by atoms with Crippen molar-refractivity contribution in [2.24, 2.45) is 5.92 Å². The average Bonchev–Trinajstić information content (AvgIpc) is 2.38. The van der Waals surface area contributed by atoms with E-state index in [-0.39, 0.29) is 3.99 Å². The van der Waals surface area contributed by atoms with Gasteiger partial charge < -0.3 is 8.85 Å². The second-order valence-corrected chi connectivity index (χ2v) is 15.9. The molecule has 0 spiro atoms. The van der Waals surface area contributed by atoms with Crippen LogP contribution in [0.4, 0.5) is 0 Å². The molecule has 5 heteroatoms. The van der Waals surface area contributed by atoms with Gasteiger partial charge in [0.1, 0.15) is 0 Å². The summed E-state index contributed by atoms with van der Waals surface area (Å²) in [4.78, 5) is 0. The molecule has 128 valence electrons. The fourth-order valence-electron chi connectivity index (χ4n) is 2.52. The van der Waals surface area contributed by atoms with Gasteiger partial charge in [-0.2, -0.15) is 12.6 Å². The minimum absolute atomic E-state index is 0.0624. The molecule has 0 aliphatic carbocycles. The van der Waals surface area contributed by atoms with Gasteiger partial charge in [0.25, 0.3) is 0 Å². The maximum Gasteiger partial charge on any atom is 0.334 e. The highest BCUT2D eigenvalue weighted by atomic mass is 32.1. The fraction of sp³-hybridized carbons (Fsp3) is 1.00. The number of hydrogen-bond acceptors (Lipinski definition) is 3. The zero-order valence-electron chi connectivity index (χ0n) is 15.4. The van der Waals surface area contributed by atoms with Gasteiger partial charge in [-0.15, -0.1) is 0 Å². The largest absolute Gasteiger partial charge is 0.396 e. The first kappa shape index (κ1) is 21.7. The van der Waals surface area contributed by atoms with Gasteiger partial charge in [-0.1, -0.05) is 54.9 Å². The van der Waals surface area contributed by atoms with Crippen LogP contribution in [0.15, 0.2) is 0 Å². The van der Waals surface area contributed by atoms with Crippen molar-refractivity contribution < 1.29 is 8.85 Å². The third kappa shape index (κ3) is 7.68. The average molecular weight is 351 g/mol. The standard InChI is InChI=1S/C16H38O2SSi2/c1-8-11-16(19,20-15(6,7)14(4)5)21(17-12-9-2)18-13-10-3/h14,19,21H,8-13,20H2,1-7H3/t16-/m0/s1. The Balaban J connectivity index is 5.12. The van der Waals surface area contributed by atoms with Gasteiger partial charge in [0.2, 0.25) is 0 Å². The summed E-state index contributed by atoms with van der Waals surface area (Å²) in [5.41, 5.74) is 0. The molecule has 0 aromatic carbocycles. The monoisotopic (exact) mass is 350 g/mol. The van der Waals surface area contributed by atoms with E-state index < -0.39 is 18.8 Å². The predicted octanol–water partition coefficient (Wildman–Crippen LogP) is 4.05. The van der Waals surface area contributed by atoms with Crippen LogP contribution in [0.25, 0.3) is 0 Å². The molecule has 0 bridgehead atoms. The molecule has 0 amide bonds. The molecule has 1 atom stereocenters. The van der Waals surface area contributed by atoms with E-state index in [9.17, 15) is 0 Å². The SMILES string of the molecule is CCCO[SiH](OCCC)[C@](S)(CCC)[SiH2]C(C)(C)C(C)C. The lowest BCUT2D eigenvalue weighted by Gasteiger charge is -2.41. The van der Waals surface area contributed by atoms with Gasteiger partial charge in [0.15, 0.2) is 0 Å². The van der Waals surface area contributed by atoms with Crippen LogP contribution in [0.3, 0.4) is 0 Å². The Hall–Kier alpha value is 0.704. The minimum Gasteiger partial charge on any atom is -0.396 e. The third-order valence-corrected chi connectivity index (χ3v) is 12.3. The molecular weight excluding hydrogens is 312 g/mol. The Morgan fingerprint density at radius 1 is 1.00 bits per heavy atom. The molecule has 0 saturated carbocycles. The molecule has 0 radical (unpaired) electrons. The highest BCUT2D eigenvalue weighted by Crippen LogP contribution is 2.40. The summed E-state index contributed by atoms with van der Waals surface area (Å²) in [5, 5.41) is 0.396. The van der Waals surface area contributed by atoms with Gasteiger partial charge in [-0.05, 0) is 30.2 Å². The number of hydrogen-bond donors (Lipinski definition) is 1. The van der Waals surface area contributed by atoms with Crippen molar-refractivity contribution in [1.82, 2.24) is 0 Å². The summed E-state index contributed by atoms with van der Waals surface area (Å²) < 4.78 is 12.5. The van der Waals surface area contributed by atoms with Crippen molar-refractivity contribution in [3.63, 3.8) is 0 Å². The second-order valence-electron chi connectivity index (χ2n) is 7.25. The van der Waals surface area contributed by atoms with E-state index in [1.165, 1.54) is 6.42 Å². The summed E-state index contributed by atoms with van der Waals surface area (Å²) >= 11 is 5.20. The van der Waals surface area contributed by atoms with Gasteiger partial charge in [0.05, 0.1) is 0 Å². The molecular formula is C16H38O2SSi2. The van der Waals surface area contributed by atoms with E-state index in [0.29, 0.717) is 11.0 Å². The van der Waals surface area contributed by atoms with Crippen LogP contribution in [0, 0.1) is 5.92 Å². The van der Waals surface area contributed by atoms with Crippen LogP contribution in [0.2, 0.25) is 5.04 Å². The summed E-state index contributed by atoms with van der Waals surface area (Å²) in [6.45, 7) is 17.7. The van der Waals surface area contributed by atoms with E-state index in [4.69, 9.17) is 21.5 Å². The van der Waals surface area contributed by atoms with Crippen molar-refractivity contribution in [3.8, 4) is 0 Å². The van der Waals surface area contributed by atoms with Crippen molar-refractivity contribution in [1.29, 1.82) is 0 Å². The smallest absolute Gasteiger partial charge is 0.334 e. The molecule has 0 aliphatic heterocycles. The third-order valence-electron chi connectivity index (χ3n) is 4.39. The second kappa shape index (κ2) is 10.5. The maximum absolute atomic E-state index is 6.21. The summed E-state index contributed by atoms with van der Waals surface area (Å²) in [5.74, 6) is 0.694. The van der Waals surface area contributed by atoms with E-state index in [1.807, 2.05) is 0 Å². The number of rotatable bonds is 12. The Bertz CT molecular complexity index is 267. The van der Waals surface area contributed by atoms with Gasteiger partial charge in [-0.3, -0.25) is 0 Å². The Morgan fingerprint density at radius 3 is 1.81 bits per heavy atom. The Morgan fingerprint density at radius 2 is 1.48 bits per heavy atom. The first-order valence-electron chi connectivity index (χ1n) is 8.69. The lowest BCUT2D eigenvalue weighted by Crippen LogP contribution is -2.53. The van der Waals surface area contributed by atoms with E-state index >= 15 is 0 Å². The lowest BCUT2D eigenvalue weighted by atomic mass is 9.99. The molecule has 2 nitrogen and oxygen atoms in total. The van der Waals surface area contributed by atoms with E-state index in [2.05, 4.69) is 48.5 Å². The first-order valence-corrected chi connectivity index (χ1v) is 12.1. The Kier molecular flexibility index (Phi) is 10.8. The molecule has 21 heavy (non-hydrogen) atoms. The summed E-state index contributed by atoms with van der Waals surface area (Å²) in [6.07, 6.45) is 4.43. The molecule has 0 N–H and O–H groups in total. The van der Waals surface area contributed by atoms with Crippen LogP contribution in [-0.2, 0) is 8.85 Å². The van der Waals surface area contributed by atoms with Gasteiger partial charge in [-0.25, -0.2) is 0 Å².